The zero-order valence-electron chi connectivity index (χ0n) is 14.2. The lowest BCUT2D eigenvalue weighted by atomic mass is 9.98. The van der Waals surface area contributed by atoms with Crippen molar-refractivity contribution >= 4 is 33.2 Å². The summed E-state index contributed by atoms with van der Waals surface area (Å²) in [5.74, 6) is -0.0277. The zero-order valence-corrected chi connectivity index (χ0v) is 16.6. The molecule has 0 bridgehead atoms. The van der Waals surface area contributed by atoms with Gasteiger partial charge in [0.25, 0.3) is 5.91 Å². The first-order valence-electron chi connectivity index (χ1n) is 8.38. The largest absolute Gasteiger partial charge is 0.385 e. The van der Waals surface area contributed by atoms with Gasteiger partial charge >= 0.3 is 0 Å². The average molecular weight is 432 g/mol. The molecule has 0 radical (unpaired) electrons. The van der Waals surface area contributed by atoms with Crippen molar-refractivity contribution in [2.45, 2.75) is 12.5 Å². The number of nitrogens with one attached hydrogen (secondary N) is 1. The second kappa shape index (κ2) is 7.34. The van der Waals surface area contributed by atoms with Crippen LogP contribution in [0.2, 0.25) is 0 Å². The Balaban J connectivity index is 1.81. The Hall–Kier alpha value is -1.96. The molecular weight excluding hydrogens is 414 g/mol. The monoisotopic (exact) mass is 431 g/mol. The molecule has 26 heavy (non-hydrogen) atoms. The minimum absolute atomic E-state index is 0.0277. The fraction of sp³-hybridized carbons (Fsp3) is 0.263. The van der Waals surface area contributed by atoms with E-state index in [1.807, 2.05) is 28.5 Å². The number of nitrogens with zero attached hydrogens (tertiary/aromatic N) is 2. The Morgan fingerprint density at radius 1 is 1.35 bits per heavy atom. The fourth-order valence-corrected chi connectivity index (χ4v) is 4.58. The SMILES string of the molecule is COCCCN1C(=O)c2n[nH]c(-c3cccs3)c2C1c1cccc(Br)c1. The second-order valence-corrected chi connectivity index (χ2v) is 8.00. The number of amides is 1. The van der Waals surface area contributed by atoms with Crippen LogP contribution in [-0.2, 0) is 4.74 Å². The highest BCUT2D eigenvalue weighted by Gasteiger charge is 2.42. The molecule has 1 amide bonds. The maximum atomic E-state index is 13.0. The predicted octanol–water partition coefficient (Wildman–Crippen LogP) is 4.48. The van der Waals surface area contributed by atoms with Crippen LogP contribution in [0, 0.1) is 0 Å². The van der Waals surface area contributed by atoms with Crippen LogP contribution in [-0.4, -0.2) is 41.3 Å². The van der Waals surface area contributed by atoms with Gasteiger partial charge in [-0.3, -0.25) is 9.89 Å². The Kier molecular flexibility index (Phi) is 4.93. The molecule has 0 saturated carbocycles. The highest BCUT2D eigenvalue weighted by Crippen LogP contribution is 2.43. The van der Waals surface area contributed by atoms with Gasteiger partial charge in [0, 0.05) is 30.3 Å². The number of benzene rings is 1. The van der Waals surface area contributed by atoms with Gasteiger partial charge in [-0.15, -0.1) is 11.3 Å². The summed E-state index contributed by atoms with van der Waals surface area (Å²) in [5, 5.41) is 9.48. The van der Waals surface area contributed by atoms with Gasteiger partial charge in [0.2, 0.25) is 0 Å². The summed E-state index contributed by atoms with van der Waals surface area (Å²) in [4.78, 5) is 16.0. The maximum Gasteiger partial charge on any atom is 0.275 e. The molecule has 134 valence electrons. The van der Waals surface area contributed by atoms with Gasteiger partial charge in [0.05, 0.1) is 16.6 Å². The Bertz CT molecular complexity index is 923. The summed E-state index contributed by atoms with van der Waals surface area (Å²) in [6.45, 7) is 1.25. The third-order valence-corrected chi connectivity index (χ3v) is 5.91. The van der Waals surface area contributed by atoms with Gasteiger partial charge in [0.1, 0.15) is 0 Å². The van der Waals surface area contributed by atoms with Gasteiger partial charge in [-0.05, 0) is 35.6 Å². The van der Waals surface area contributed by atoms with Gasteiger partial charge < -0.3 is 9.64 Å². The molecule has 0 spiro atoms. The first-order valence-corrected chi connectivity index (χ1v) is 10.1. The van der Waals surface area contributed by atoms with Crippen molar-refractivity contribution in [3.05, 3.63) is 63.1 Å². The van der Waals surface area contributed by atoms with E-state index in [1.165, 1.54) is 0 Å². The summed E-state index contributed by atoms with van der Waals surface area (Å²) < 4.78 is 6.17. The van der Waals surface area contributed by atoms with E-state index in [0.29, 0.717) is 18.8 Å². The Morgan fingerprint density at radius 2 is 2.23 bits per heavy atom. The number of halogens is 1. The van der Waals surface area contributed by atoms with E-state index >= 15 is 0 Å². The highest BCUT2D eigenvalue weighted by atomic mass is 79.9. The van der Waals surface area contributed by atoms with E-state index in [9.17, 15) is 4.79 Å². The predicted molar refractivity (Wildman–Crippen MR) is 105 cm³/mol. The van der Waals surface area contributed by atoms with Crippen molar-refractivity contribution in [3.63, 3.8) is 0 Å². The Morgan fingerprint density at radius 3 is 2.96 bits per heavy atom. The lowest BCUT2D eigenvalue weighted by Crippen LogP contribution is -2.31. The number of hydrogen-bond donors (Lipinski definition) is 1. The van der Waals surface area contributed by atoms with Crippen LogP contribution in [0.1, 0.15) is 34.1 Å². The van der Waals surface area contributed by atoms with Crippen molar-refractivity contribution < 1.29 is 9.53 Å². The van der Waals surface area contributed by atoms with E-state index in [-0.39, 0.29) is 11.9 Å². The molecule has 1 atom stereocenters. The van der Waals surface area contributed by atoms with E-state index in [0.717, 1.165) is 32.6 Å². The standard InChI is InChI=1S/C19H18BrN3O2S/c1-25-9-4-8-23-18(12-5-2-6-13(20)11-12)15-16(14-7-3-10-26-14)21-22-17(15)19(23)24/h2-3,5-7,10-11,18H,4,8-9H2,1H3,(H,21,22). The number of aromatic nitrogens is 2. The molecule has 2 aromatic heterocycles. The number of rotatable bonds is 6. The van der Waals surface area contributed by atoms with E-state index in [2.05, 4.69) is 44.3 Å². The average Bonchev–Trinajstić information content (AvgIpc) is 3.34. The van der Waals surface area contributed by atoms with Crippen LogP contribution in [0.3, 0.4) is 0 Å². The lowest BCUT2D eigenvalue weighted by molar-refractivity contribution is 0.0723. The molecule has 3 aromatic rings. The molecule has 1 aromatic carbocycles. The number of thiophene rings is 1. The van der Waals surface area contributed by atoms with Crippen molar-refractivity contribution in [1.82, 2.24) is 15.1 Å². The summed E-state index contributed by atoms with van der Waals surface area (Å²) >= 11 is 5.19. The minimum atomic E-state index is -0.150. The molecule has 1 unspecified atom stereocenters. The van der Waals surface area contributed by atoms with Crippen LogP contribution < -0.4 is 0 Å². The van der Waals surface area contributed by atoms with Crippen LogP contribution >= 0.6 is 27.3 Å². The first-order chi connectivity index (χ1) is 12.7. The molecule has 5 nitrogen and oxygen atoms in total. The summed E-state index contributed by atoms with van der Waals surface area (Å²) in [5.41, 5.74) is 3.49. The number of H-pyrrole nitrogens is 1. The second-order valence-electron chi connectivity index (χ2n) is 6.14. The first kappa shape index (κ1) is 17.5. The van der Waals surface area contributed by atoms with Crippen molar-refractivity contribution in [2.24, 2.45) is 0 Å². The molecular formula is C19H18BrN3O2S. The van der Waals surface area contributed by atoms with Crippen molar-refractivity contribution in [1.29, 1.82) is 0 Å². The highest BCUT2D eigenvalue weighted by molar-refractivity contribution is 9.10. The third-order valence-electron chi connectivity index (χ3n) is 4.53. The number of methoxy groups -OCH3 is 1. The van der Waals surface area contributed by atoms with Crippen molar-refractivity contribution in [3.8, 4) is 10.6 Å². The summed E-state index contributed by atoms with van der Waals surface area (Å²) in [7, 11) is 1.68. The number of hydrogen-bond acceptors (Lipinski definition) is 4. The zero-order chi connectivity index (χ0) is 18.1. The van der Waals surface area contributed by atoms with Crippen LogP contribution in [0.5, 0.6) is 0 Å². The lowest BCUT2D eigenvalue weighted by Gasteiger charge is -2.26. The number of carbonyl (C=O) groups excluding carboxylic acids is 1. The molecule has 1 N–H and O–H groups in total. The minimum Gasteiger partial charge on any atom is -0.385 e. The fourth-order valence-electron chi connectivity index (χ4n) is 3.43. The maximum absolute atomic E-state index is 13.0. The normalized spacial score (nSPS) is 16.3. The molecule has 1 aliphatic rings. The van der Waals surface area contributed by atoms with Gasteiger partial charge in [0.15, 0.2) is 5.69 Å². The van der Waals surface area contributed by atoms with E-state index in [1.54, 1.807) is 18.4 Å². The Labute approximate surface area is 164 Å². The van der Waals surface area contributed by atoms with Gasteiger partial charge in [-0.2, -0.15) is 5.10 Å². The topological polar surface area (TPSA) is 58.2 Å². The molecule has 0 aliphatic carbocycles. The van der Waals surface area contributed by atoms with E-state index < -0.39 is 0 Å². The number of aromatic amines is 1. The number of ether oxygens (including phenoxy) is 1. The van der Waals surface area contributed by atoms with E-state index in [4.69, 9.17) is 4.74 Å². The number of fused-ring (bicyclic) bond motifs is 1. The molecule has 0 fully saturated rings. The van der Waals surface area contributed by atoms with Crippen LogP contribution in [0.4, 0.5) is 0 Å². The summed E-state index contributed by atoms with van der Waals surface area (Å²) in [6, 6.07) is 12.0. The summed E-state index contributed by atoms with van der Waals surface area (Å²) in [6.07, 6.45) is 0.787. The molecule has 7 heteroatoms. The molecule has 1 aliphatic heterocycles. The van der Waals surface area contributed by atoms with Crippen LogP contribution in [0.25, 0.3) is 10.6 Å². The van der Waals surface area contributed by atoms with Crippen LogP contribution in [0.15, 0.2) is 46.3 Å². The van der Waals surface area contributed by atoms with Crippen molar-refractivity contribution in [2.75, 3.05) is 20.3 Å². The van der Waals surface area contributed by atoms with Gasteiger partial charge in [-0.25, -0.2) is 0 Å². The molecule has 0 saturated heterocycles. The smallest absolute Gasteiger partial charge is 0.275 e. The third kappa shape index (κ3) is 3.00. The molecule has 4 rings (SSSR count). The molecule has 3 heterocycles. The quantitative estimate of drug-likeness (QED) is 0.585. The van der Waals surface area contributed by atoms with Gasteiger partial charge in [-0.1, -0.05) is 34.1 Å². The number of carbonyl (C=O) groups is 1.